The number of anilines is 2. The van der Waals surface area contributed by atoms with Gasteiger partial charge in [-0.25, -0.2) is 6.57 Å². The molecular weight excluding hydrogens is 452 g/mol. The second-order valence-corrected chi connectivity index (χ2v) is 9.94. The van der Waals surface area contributed by atoms with Gasteiger partial charge in [0.15, 0.2) is 0 Å². The second-order valence-electron chi connectivity index (χ2n) is 9.94. The lowest BCUT2D eigenvalue weighted by Gasteiger charge is -2.29. The van der Waals surface area contributed by atoms with E-state index in [1.54, 1.807) is 6.07 Å². The first-order valence-corrected chi connectivity index (χ1v) is 12.8. The minimum Gasteiger partial charge on any atom is -0.456 e. The van der Waals surface area contributed by atoms with Crippen molar-refractivity contribution < 1.29 is 9.47 Å². The first kappa shape index (κ1) is 22.7. The molecule has 2 aromatic carbocycles. The van der Waals surface area contributed by atoms with E-state index in [9.17, 15) is 4.79 Å². The van der Waals surface area contributed by atoms with Crippen LogP contribution < -0.4 is 20.5 Å². The summed E-state index contributed by atoms with van der Waals surface area (Å²) >= 11 is 0. The number of para-hydroxylation sites is 1. The Morgan fingerprint density at radius 3 is 2.64 bits per heavy atom. The largest absolute Gasteiger partial charge is 0.456 e. The Balaban J connectivity index is 1.30. The van der Waals surface area contributed by atoms with Gasteiger partial charge in [-0.3, -0.25) is 9.64 Å². The Bertz CT molecular complexity index is 1380. The van der Waals surface area contributed by atoms with Crippen molar-refractivity contribution in [1.82, 2.24) is 4.98 Å². The number of morpholine rings is 1. The zero-order chi connectivity index (χ0) is 24.5. The lowest BCUT2D eigenvalue weighted by molar-refractivity contribution is 0.122. The van der Waals surface area contributed by atoms with E-state index >= 15 is 0 Å². The average molecular weight is 483 g/mol. The molecule has 0 radical (unpaired) electrons. The van der Waals surface area contributed by atoms with E-state index in [-0.39, 0.29) is 5.56 Å². The summed E-state index contributed by atoms with van der Waals surface area (Å²) in [6, 6.07) is 15.9. The van der Waals surface area contributed by atoms with Crippen LogP contribution in [0.1, 0.15) is 43.2 Å². The number of nitrogens with one attached hydrogen (secondary N) is 2. The van der Waals surface area contributed by atoms with Crippen LogP contribution in [-0.2, 0) is 11.2 Å². The van der Waals surface area contributed by atoms with Crippen LogP contribution >= 0.6 is 0 Å². The Kier molecular flexibility index (Phi) is 5.90. The number of aromatic nitrogens is 1. The van der Waals surface area contributed by atoms with Crippen molar-refractivity contribution in [3.8, 4) is 22.8 Å². The molecule has 1 aliphatic carbocycles. The van der Waals surface area contributed by atoms with Crippen molar-refractivity contribution in [2.24, 2.45) is 0 Å². The molecule has 7 nitrogen and oxygen atoms in total. The SMILES string of the molecule is [C-]#[N+]C1(Nc2ccc3c(c2)Cc2cccc(-c4cc(N5CCOCC5)cc(=O)[nH]4)c2O3)CCCCC1. The molecule has 6 rings (SSSR count). The molecule has 0 amide bonds. The number of ether oxygens (including phenoxy) is 2. The number of fused-ring (bicyclic) bond motifs is 2. The van der Waals surface area contributed by atoms with Crippen molar-refractivity contribution in [2.45, 2.75) is 44.2 Å². The summed E-state index contributed by atoms with van der Waals surface area (Å²) in [5, 5.41) is 3.54. The van der Waals surface area contributed by atoms with Gasteiger partial charge in [0, 0.05) is 60.9 Å². The molecule has 184 valence electrons. The standard InChI is InChI=1S/C29H30N4O3/c1-30-29(10-3-2-4-11-29)32-22-8-9-26-21(17-22)16-20-6-5-7-24(28(20)36-26)25-18-23(19-27(34)31-25)33-12-14-35-15-13-33/h5-9,17-19,32H,2-4,10-16H2,(H,31,34). The summed E-state index contributed by atoms with van der Waals surface area (Å²) in [6.45, 7) is 10.6. The van der Waals surface area contributed by atoms with Crippen molar-refractivity contribution in [1.29, 1.82) is 0 Å². The highest BCUT2D eigenvalue weighted by Crippen LogP contribution is 2.44. The van der Waals surface area contributed by atoms with Crippen LogP contribution in [0.25, 0.3) is 16.1 Å². The minimum absolute atomic E-state index is 0.130. The molecule has 0 bridgehead atoms. The molecule has 3 heterocycles. The fourth-order valence-corrected chi connectivity index (χ4v) is 5.61. The van der Waals surface area contributed by atoms with Crippen LogP contribution in [-0.4, -0.2) is 37.0 Å². The second kappa shape index (κ2) is 9.36. The van der Waals surface area contributed by atoms with E-state index in [0.717, 1.165) is 90.5 Å². The summed E-state index contributed by atoms with van der Waals surface area (Å²) in [5.74, 6) is 1.60. The molecule has 2 fully saturated rings. The van der Waals surface area contributed by atoms with E-state index in [0.29, 0.717) is 13.2 Å². The van der Waals surface area contributed by atoms with Gasteiger partial charge >= 0.3 is 5.66 Å². The summed E-state index contributed by atoms with van der Waals surface area (Å²) < 4.78 is 11.9. The fourth-order valence-electron chi connectivity index (χ4n) is 5.61. The topological polar surface area (TPSA) is 71.0 Å². The molecule has 2 N–H and O–H groups in total. The molecule has 3 aromatic rings. The molecule has 1 aromatic heterocycles. The molecule has 1 saturated carbocycles. The number of hydrogen-bond donors (Lipinski definition) is 2. The van der Waals surface area contributed by atoms with Crippen molar-refractivity contribution in [3.05, 3.63) is 81.4 Å². The van der Waals surface area contributed by atoms with Gasteiger partial charge in [-0.05, 0) is 48.7 Å². The fraction of sp³-hybridized carbons (Fsp3) is 0.379. The maximum absolute atomic E-state index is 12.6. The molecule has 0 atom stereocenters. The lowest BCUT2D eigenvalue weighted by atomic mass is 9.89. The summed E-state index contributed by atoms with van der Waals surface area (Å²) in [7, 11) is 0. The number of benzene rings is 2. The van der Waals surface area contributed by atoms with Gasteiger partial charge in [-0.15, -0.1) is 0 Å². The Labute approximate surface area is 210 Å². The molecule has 7 heteroatoms. The maximum Gasteiger partial charge on any atom is 0.305 e. The highest BCUT2D eigenvalue weighted by atomic mass is 16.5. The van der Waals surface area contributed by atoms with E-state index in [2.05, 4.69) is 32.2 Å². The number of nitrogens with zero attached hydrogens (tertiary/aromatic N) is 2. The molecule has 36 heavy (non-hydrogen) atoms. The molecule has 3 aliphatic rings. The number of pyridine rings is 1. The predicted octanol–water partition coefficient (Wildman–Crippen LogP) is 5.57. The smallest absolute Gasteiger partial charge is 0.305 e. The Morgan fingerprint density at radius 1 is 1.00 bits per heavy atom. The molecular formula is C29H30N4O3. The molecule has 0 unspecified atom stereocenters. The van der Waals surface area contributed by atoms with Crippen molar-refractivity contribution in [2.75, 3.05) is 36.5 Å². The van der Waals surface area contributed by atoms with Gasteiger partial charge in [0.1, 0.15) is 11.5 Å². The third-order valence-corrected chi connectivity index (χ3v) is 7.52. The van der Waals surface area contributed by atoms with Crippen LogP contribution in [0.3, 0.4) is 0 Å². The normalized spacial score (nSPS) is 18.4. The summed E-state index contributed by atoms with van der Waals surface area (Å²) in [5.41, 5.74) is 5.04. The van der Waals surface area contributed by atoms with Gasteiger partial charge in [-0.2, -0.15) is 0 Å². The Hall–Kier alpha value is -3.76. The number of aromatic amines is 1. The van der Waals surface area contributed by atoms with Gasteiger partial charge in [0.25, 0.3) is 0 Å². The van der Waals surface area contributed by atoms with E-state index in [1.165, 1.54) is 6.42 Å². The van der Waals surface area contributed by atoms with Crippen LogP contribution in [0, 0.1) is 6.57 Å². The first-order chi connectivity index (χ1) is 17.6. The van der Waals surface area contributed by atoms with E-state index in [1.807, 2.05) is 30.3 Å². The van der Waals surface area contributed by atoms with E-state index < -0.39 is 5.66 Å². The zero-order valence-electron chi connectivity index (χ0n) is 20.3. The highest BCUT2D eigenvalue weighted by Gasteiger charge is 2.38. The summed E-state index contributed by atoms with van der Waals surface area (Å²) in [6.07, 6.45) is 5.89. The quantitative estimate of drug-likeness (QED) is 0.372. The molecule has 0 spiro atoms. The predicted molar refractivity (Wildman–Crippen MR) is 141 cm³/mol. The van der Waals surface area contributed by atoms with Gasteiger partial charge in [0.05, 0.1) is 18.9 Å². The number of hydrogen-bond acceptors (Lipinski definition) is 5. The maximum atomic E-state index is 12.6. The van der Waals surface area contributed by atoms with Crippen LogP contribution in [0.4, 0.5) is 11.4 Å². The minimum atomic E-state index is -0.496. The highest BCUT2D eigenvalue weighted by molar-refractivity contribution is 5.74. The third kappa shape index (κ3) is 4.33. The molecule has 1 saturated heterocycles. The van der Waals surface area contributed by atoms with Crippen LogP contribution in [0.2, 0.25) is 0 Å². The average Bonchev–Trinajstić information content (AvgIpc) is 2.92. The van der Waals surface area contributed by atoms with Gasteiger partial charge in [0.2, 0.25) is 5.56 Å². The third-order valence-electron chi connectivity index (χ3n) is 7.52. The lowest BCUT2D eigenvalue weighted by Crippen LogP contribution is -2.36. The van der Waals surface area contributed by atoms with Crippen LogP contribution in [0.15, 0.2) is 53.3 Å². The van der Waals surface area contributed by atoms with E-state index in [4.69, 9.17) is 16.0 Å². The van der Waals surface area contributed by atoms with Gasteiger partial charge < -0.3 is 24.7 Å². The first-order valence-electron chi connectivity index (χ1n) is 12.8. The monoisotopic (exact) mass is 482 g/mol. The molecule has 2 aliphatic heterocycles. The number of H-pyrrole nitrogens is 1. The number of rotatable bonds is 4. The Morgan fingerprint density at radius 2 is 1.83 bits per heavy atom. The van der Waals surface area contributed by atoms with Gasteiger partial charge in [-0.1, -0.05) is 18.6 Å². The summed E-state index contributed by atoms with van der Waals surface area (Å²) in [4.78, 5) is 21.7. The van der Waals surface area contributed by atoms with Crippen molar-refractivity contribution >= 4 is 11.4 Å². The van der Waals surface area contributed by atoms with Crippen molar-refractivity contribution in [3.63, 3.8) is 0 Å². The zero-order valence-corrected chi connectivity index (χ0v) is 20.3. The van der Waals surface area contributed by atoms with Crippen LogP contribution in [0.5, 0.6) is 11.5 Å².